The minimum absolute atomic E-state index is 0.316. The number of hydrogen-bond acceptors (Lipinski definition) is 2. The molecule has 0 fully saturated rings. The molecule has 2 nitrogen and oxygen atoms in total. The number of fused-ring (bicyclic) bond motifs is 1. The summed E-state index contributed by atoms with van der Waals surface area (Å²) in [7, 11) is 1.71. The van der Waals surface area contributed by atoms with Gasteiger partial charge in [-0.25, -0.2) is 0 Å². The van der Waals surface area contributed by atoms with Crippen molar-refractivity contribution in [3.63, 3.8) is 0 Å². The van der Waals surface area contributed by atoms with Crippen LogP contribution in [0.5, 0.6) is 5.75 Å². The molecule has 1 aromatic rings. The Balaban J connectivity index is 2.38. The van der Waals surface area contributed by atoms with Crippen LogP contribution < -0.4 is 10.5 Å². The van der Waals surface area contributed by atoms with Gasteiger partial charge in [0.1, 0.15) is 5.75 Å². The van der Waals surface area contributed by atoms with Gasteiger partial charge >= 0.3 is 0 Å². The second-order valence-corrected chi connectivity index (χ2v) is 4.06. The lowest BCUT2D eigenvalue weighted by Gasteiger charge is -2.28. The van der Waals surface area contributed by atoms with Crippen molar-refractivity contribution in [2.45, 2.75) is 31.7 Å². The van der Waals surface area contributed by atoms with Gasteiger partial charge in [0.15, 0.2) is 0 Å². The number of ether oxygens (including phenoxy) is 1. The van der Waals surface area contributed by atoms with E-state index < -0.39 is 0 Å². The Morgan fingerprint density at radius 3 is 2.93 bits per heavy atom. The highest BCUT2D eigenvalue weighted by atomic mass is 16.5. The Morgan fingerprint density at radius 1 is 1.43 bits per heavy atom. The zero-order valence-corrected chi connectivity index (χ0v) is 8.79. The lowest BCUT2D eigenvalue weighted by atomic mass is 9.81. The van der Waals surface area contributed by atoms with Crippen molar-refractivity contribution in [2.75, 3.05) is 7.11 Å². The third-order valence-corrected chi connectivity index (χ3v) is 3.23. The van der Waals surface area contributed by atoms with Gasteiger partial charge in [-0.2, -0.15) is 0 Å². The average Bonchev–Trinajstić information content (AvgIpc) is 2.23. The summed E-state index contributed by atoms with van der Waals surface area (Å²) < 4.78 is 5.21. The summed E-state index contributed by atoms with van der Waals surface area (Å²) in [4.78, 5) is 0. The largest absolute Gasteiger partial charge is 0.497 e. The molecule has 0 heterocycles. The standard InChI is InChI=1S/C12H17NO/c1-8-11-5-4-10(14-2)7-9(11)3-6-12(8)13/h4-5,7-8,12H,3,6,13H2,1-2H3. The maximum absolute atomic E-state index is 6.03. The molecule has 0 radical (unpaired) electrons. The van der Waals surface area contributed by atoms with E-state index in [1.165, 1.54) is 11.1 Å². The molecule has 14 heavy (non-hydrogen) atoms. The molecular weight excluding hydrogens is 174 g/mol. The fraction of sp³-hybridized carbons (Fsp3) is 0.500. The first-order chi connectivity index (χ1) is 6.72. The van der Waals surface area contributed by atoms with E-state index in [9.17, 15) is 0 Å². The molecule has 76 valence electrons. The van der Waals surface area contributed by atoms with E-state index in [1.807, 2.05) is 6.07 Å². The summed E-state index contributed by atoms with van der Waals surface area (Å²) in [5.74, 6) is 1.43. The lowest BCUT2D eigenvalue weighted by Crippen LogP contribution is -2.31. The zero-order valence-electron chi connectivity index (χ0n) is 8.79. The third-order valence-electron chi connectivity index (χ3n) is 3.23. The molecule has 0 bridgehead atoms. The molecule has 0 aromatic heterocycles. The fourth-order valence-electron chi connectivity index (χ4n) is 2.17. The van der Waals surface area contributed by atoms with Gasteiger partial charge in [0.05, 0.1) is 7.11 Å². The van der Waals surface area contributed by atoms with Crippen LogP contribution in [-0.4, -0.2) is 13.2 Å². The Bertz CT molecular complexity index is 335. The molecule has 2 atom stereocenters. The Labute approximate surface area is 85.1 Å². The van der Waals surface area contributed by atoms with E-state index >= 15 is 0 Å². The molecule has 1 aromatic carbocycles. The van der Waals surface area contributed by atoms with Crippen LogP contribution in [-0.2, 0) is 6.42 Å². The van der Waals surface area contributed by atoms with Crippen molar-refractivity contribution in [3.8, 4) is 5.75 Å². The van der Waals surface area contributed by atoms with Crippen LogP contribution in [0.25, 0.3) is 0 Å². The summed E-state index contributed by atoms with van der Waals surface area (Å²) in [5, 5.41) is 0. The first-order valence-corrected chi connectivity index (χ1v) is 5.14. The van der Waals surface area contributed by atoms with Crippen LogP contribution in [0.4, 0.5) is 0 Å². The van der Waals surface area contributed by atoms with Crippen molar-refractivity contribution in [3.05, 3.63) is 29.3 Å². The Kier molecular flexibility index (Phi) is 2.46. The van der Waals surface area contributed by atoms with Crippen LogP contribution in [0.15, 0.2) is 18.2 Å². The normalized spacial score (nSPS) is 25.6. The number of rotatable bonds is 1. The van der Waals surface area contributed by atoms with Crippen molar-refractivity contribution >= 4 is 0 Å². The second kappa shape index (κ2) is 3.62. The highest BCUT2D eigenvalue weighted by Crippen LogP contribution is 2.32. The van der Waals surface area contributed by atoms with E-state index in [2.05, 4.69) is 19.1 Å². The first kappa shape index (κ1) is 9.53. The van der Waals surface area contributed by atoms with Gasteiger partial charge in [-0.05, 0) is 42.0 Å². The average molecular weight is 191 g/mol. The van der Waals surface area contributed by atoms with Crippen LogP contribution >= 0.6 is 0 Å². The molecule has 1 aliphatic rings. The van der Waals surface area contributed by atoms with Crippen LogP contribution in [0, 0.1) is 0 Å². The van der Waals surface area contributed by atoms with Gasteiger partial charge < -0.3 is 10.5 Å². The maximum Gasteiger partial charge on any atom is 0.119 e. The van der Waals surface area contributed by atoms with Gasteiger partial charge in [0.2, 0.25) is 0 Å². The van der Waals surface area contributed by atoms with Crippen LogP contribution in [0.2, 0.25) is 0 Å². The lowest BCUT2D eigenvalue weighted by molar-refractivity contribution is 0.412. The quantitative estimate of drug-likeness (QED) is 0.737. The molecule has 2 heteroatoms. The van der Waals surface area contributed by atoms with E-state index in [0.29, 0.717) is 12.0 Å². The van der Waals surface area contributed by atoms with Gasteiger partial charge in [0.25, 0.3) is 0 Å². The monoisotopic (exact) mass is 191 g/mol. The predicted octanol–water partition coefficient (Wildman–Crippen LogP) is 2.07. The second-order valence-electron chi connectivity index (χ2n) is 4.06. The van der Waals surface area contributed by atoms with Crippen molar-refractivity contribution in [1.82, 2.24) is 0 Å². The Morgan fingerprint density at radius 2 is 2.21 bits per heavy atom. The molecule has 0 saturated carbocycles. The molecule has 2 rings (SSSR count). The molecular formula is C12H17NO. The molecule has 1 aliphatic carbocycles. The summed E-state index contributed by atoms with van der Waals surface area (Å²) >= 11 is 0. The predicted molar refractivity (Wildman–Crippen MR) is 57.7 cm³/mol. The summed E-state index contributed by atoms with van der Waals surface area (Å²) in [5.41, 5.74) is 8.83. The molecule has 0 saturated heterocycles. The smallest absolute Gasteiger partial charge is 0.119 e. The molecule has 2 N–H and O–H groups in total. The van der Waals surface area contributed by atoms with Gasteiger partial charge in [-0.1, -0.05) is 13.0 Å². The summed E-state index contributed by atoms with van der Waals surface area (Å²) in [6.07, 6.45) is 2.17. The Hall–Kier alpha value is -1.02. The van der Waals surface area contributed by atoms with Gasteiger partial charge in [0, 0.05) is 6.04 Å². The van der Waals surface area contributed by atoms with E-state index in [4.69, 9.17) is 10.5 Å². The number of nitrogens with two attached hydrogens (primary N) is 1. The van der Waals surface area contributed by atoms with Gasteiger partial charge in [-0.15, -0.1) is 0 Å². The highest BCUT2D eigenvalue weighted by Gasteiger charge is 2.23. The topological polar surface area (TPSA) is 35.2 Å². The van der Waals surface area contributed by atoms with E-state index in [0.717, 1.165) is 18.6 Å². The molecule has 2 unspecified atom stereocenters. The van der Waals surface area contributed by atoms with Crippen molar-refractivity contribution in [2.24, 2.45) is 5.73 Å². The zero-order chi connectivity index (χ0) is 10.1. The minimum Gasteiger partial charge on any atom is -0.497 e. The SMILES string of the molecule is COc1ccc2c(c1)CCC(N)C2C. The van der Waals surface area contributed by atoms with Crippen molar-refractivity contribution < 1.29 is 4.74 Å². The first-order valence-electron chi connectivity index (χ1n) is 5.14. The summed E-state index contributed by atoms with van der Waals surface area (Å²) in [6, 6.07) is 6.62. The van der Waals surface area contributed by atoms with Gasteiger partial charge in [-0.3, -0.25) is 0 Å². The van der Waals surface area contributed by atoms with Crippen LogP contribution in [0.3, 0.4) is 0 Å². The number of benzene rings is 1. The fourth-order valence-corrected chi connectivity index (χ4v) is 2.17. The number of aryl methyl sites for hydroxylation is 1. The van der Waals surface area contributed by atoms with E-state index in [1.54, 1.807) is 7.11 Å². The molecule has 0 spiro atoms. The minimum atomic E-state index is 0.316. The van der Waals surface area contributed by atoms with Crippen LogP contribution in [0.1, 0.15) is 30.4 Å². The highest BCUT2D eigenvalue weighted by molar-refractivity contribution is 5.40. The van der Waals surface area contributed by atoms with Crippen molar-refractivity contribution in [1.29, 1.82) is 0 Å². The number of methoxy groups -OCH3 is 1. The number of hydrogen-bond donors (Lipinski definition) is 1. The molecule has 0 aliphatic heterocycles. The summed E-state index contributed by atoms with van der Waals surface area (Å²) in [6.45, 7) is 2.20. The van der Waals surface area contributed by atoms with E-state index in [-0.39, 0.29) is 0 Å². The molecule has 0 amide bonds. The maximum atomic E-state index is 6.03. The third kappa shape index (κ3) is 1.50.